The fraction of sp³-hybridized carbons (Fsp3) is 0.429. The molecule has 1 unspecified atom stereocenters. The second-order valence-corrected chi connectivity index (χ2v) is 7.16. The standard InChI is InChI=1S/C21H29N7O2/c1-2-3-4-8-11-16(18-25-20(22)27-21(23)26-18)28-17(13-30)15(12-29)24-19(28)14-9-6-5-7-10-14/h5-7,9-10,16,29-30H,2-4,8,11-13H2,1H3,(H4,22,23,25,26,27). The Kier molecular flexibility index (Phi) is 7.31. The molecule has 9 heteroatoms. The van der Waals surface area contributed by atoms with Crippen LogP contribution in [-0.4, -0.2) is 34.7 Å². The molecule has 2 aromatic heterocycles. The molecule has 0 bridgehead atoms. The first-order valence-electron chi connectivity index (χ1n) is 10.2. The van der Waals surface area contributed by atoms with E-state index < -0.39 is 0 Å². The van der Waals surface area contributed by atoms with E-state index in [1.807, 2.05) is 34.9 Å². The van der Waals surface area contributed by atoms with Crippen molar-refractivity contribution < 1.29 is 10.2 Å². The van der Waals surface area contributed by atoms with E-state index in [9.17, 15) is 10.2 Å². The van der Waals surface area contributed by atoms with Crippen LogP contribution in [0.2, 0.25) is 0 Å². The number of unbranched alkanes of at least 4 members (excludes halogenated alkanes) is 3. The lowest BCUT2D eigenvalue weighted by atomic mass is 10.0. The van der Waals surface area contributed by atoms with Crippen LogP contribution in [0, 0.1) is 0 Å². The molecule has 0 aliphatic rings. The molecule has 0 saturated heterocycles. The number of nitrogens with two attached hydrogens (primary N) is 2. The van der Waals surface area contributed by atoms with Crippen molar-refractivity contribution in [2.24, 2.45) is 0 Å². The Bertz CT molecular complexity index is 939. The zero-order valence-corrected chi connectivity index (χ0v) is 17.2. The summed E-state index contributed by atoms with van der Waals surface area (Å²) in [6.07, 6.45) is 4.93. The van der Waals surface area contributed by atoms with Gasteiger partial charge in [-0.15, -0.1) is 0 Å². The summed E-state index contributed by atoms with van der Waals surface area (Å²) in [4.78, 5) is 17.2. The highest BCUT2D eigenvalue weighted by atomic mass is 16.3. The maximum absolute atomic E-state index is 10.1. The number of nitrogen functional groups attached to an aromatic ring is 2. The average Bonchev–Trinajstić information content (AvgIpc) is 3.12. The molecule has 0 saturated carbocycles. The van der Waals surface area contributed by atoms with Gasteiger partial charge in [-0.1, -0.05) is 62.9 Å². The van der Waals surface area contributed by atoms with E-state index in [-0.39, 0.29) is 31.2 Å². The van der Waals surface area contributed by atoms with Crippen molar-refractivity contribution >= 4 is 11.9 Å². The predicted octanol–water partition coefficient (Wildman–Crippen LogP) is 2.44. The molecule has 30 heavy (non-hydrogen) atoms. The van der Waals surface area contributed by atoms with Gasteiger partial charge in [-0.25, -0.2) is 4.98 Å². The Balaban J connectivity index is 2.17. The SMILES string of the molecule is CCCCCCC(c1nc(N)nc(N)n1)n1c(-c2ccccc2)nc(CO)c1CO. The summed E-state index contributed by atoms with van der Waals surface area (Å²) in [5.41, 5.74) is 13.5. The second-order valence-electron chi connectivity index (χ2n) is 7.16. The van der Waals surface area contributed by atoms with E-state index in [0.29, 0.717) is 29.5 Å². The zero-order valence-electron chi connectivity index (χ0n) is 17.2. The smallest absolute Gasteiger partial charge is 0.225 e. The Morgan fingerprint density at radius 2 is 1.60 bits per heavy atom. The van der Waals surface area contributed by atoms with Crippen molar-refractivity contribution in [3.05, 3.63) is 47.5 Å². The van der Waals surface area contributed by atoms with Gasteiger partial charge in [-0.05, 0) is 6.42 Å². The number of hydrogen-bond donors (Lipinski definition) is 4. The normalized spacial score (nSPS) is 12.2. The number of nitrogens with zero attached hydrogens (tertiary/aromatic N) is 5. The molecule has 0 aliphatic carbocycles. The van der Waals surface area contributed by atoms with Crippen LogP contribution in [0.4, 0.5) is 11.9 Å². The number of hydrogen-bond acceptors (Lipinski definition) is 8. The third-order valence-electron chi connectivity index (χ3n) is 5.05. The highest BCUT2D eigenvalue weighted by Gasteiger charge is 2.27. The number of benzene rings is 1. The minimum atomic E-state index is -0.361. The Morgan fingerprint density at radius 3 is 2.20 bits per heavy atom. The van der Waals surface area contributed by atoms with E-state index in [0.717, 1.165) is 31.2 Å². The van der Waals surface area contributed by atoms with Gasteiger partial charge in [-0.3, -0.25) is 0 Å². The summed E-state index contributed by atoms with van der Waals surface area (Å²) < 4.78 is 1.90. The number of aromatic nitrogens is 5. The summed E-state index contributed by atoms with van der Waals surface area (Å²) >= 11 is 0. The molecule has 0 spiro atoms. The lowest BCUT2D eigenvalue weighted by Gasteiger charge is -2.22. The maximum atomic E-state index is 10.1. The van der Waals surface area contributed by atoms with E-state index in [1.165, 1.54) is 0 Å². The molecular weight excluding hydrogens is 382 g/mol. The van der Waals surface area contributed by atoms with Gasteiger partial charge < -0.3 is 26.2 Å². The minimum Gasteiger partial charge on any atom is -0.390 e. The summed E-state index contributed by atoms with van der Waals surface area (Å²) in [5, 5.41) is 20.0. The summed E-state index contributed by atoms with van der Waals surface area (Å²) in [7, 11) is 0. The van der Waals surface area contributed by atoms with Crippen molar-refractivity contribution in [3.63, 3.8) is 0 Å². The van der Waals surface area contributed by atoms with Crippen molar-refractivity contribution in [2.75, 3.05) is 11.5 Å². The number of aliphatic hydroxyl groups is 2. The maximum Gasteiger partial charge on any atom is 0.225 e. The zero-order chi connectivity index (χ0) is 21.5. The monoisotopic (exact) mass is 411 g/mol. The average molecular weight is 412 g/mol. The quantitative estimate of drug-likeness (QED) is 0.372. The first-order chi connectivity index (χ1) is 14.6. The van der Waals surface area contributed by atoms with Crippen molar-refractivity contribution in [3.8, 4) is 11.4 Å². The van der Waals surface area contributed by atoms with E-state index in [2.05, 4.69) is 26.9 Å². The molecular formula is C21H29N7O2. The molecule has 1 atom stereocenters. The van der Waals surface area contributed by atoms with Crippen LogP contribution in [0.3, 0.4) is 0 Å². The highest BCUT2D eigenvalue weighted by molar-refractivity contribution is 5.57. The molecule has 9 nitrogen and oxygen atoms in total. The van der Waals surface area contributed by atoms with Crippen LogP contribution in [0.25, 0.3) is 11.4 Å². The summed E-state index contributed by atoms with van der Waals surface area (Å²) in [6.45, 7) is 1.59. The molecule has 6 N–H and O–H groups in total. The molecule has 0 aliphatic heterocycles. The lowest BCUT2D eigenvalue weighted by molar-refractivity contribution is 0.247. The molecule has 0 amide bonds. The predicted molar refractivity (Wildman–Crippen MR) is 115 cm³/mol. The molecule has 160 valence electrons. The van der Waals surface area contributed by atoms with Crippen LogP contribution in [0.1, 0.15) is 62.3 Å². The van der Waals surface area contributed by atoms with Gasteiger partial charge in [-0.2, -0.15) is 15.0 Å². The summed E-state index contributed by atoms with van der Waals surface area (Å²) in [6, 6.07) is 9.27. The van der Waals surface area contributed by atoms with Crippen LogP contribution >= 0.6 is 0 Å². The third kappa shape index (κ3) is 4.74. The molecule has 0 radical (unpaired) electrons. The number of aliphatic hydroxyl groups excluding tert-OH is 2. The Morgan fingerprint density at radius 1 is 0.900 bits per heavy atom. The fourth-order valence-electron chi connectivity index (χ4n) is 3.65. The number of anilines is 2. The van der Waals surface area contributed by atoms with E-state index >= 15 is 0 Å². The van der Waals surface area contributed by atoms with E-state index in [1.54, 1.807) is 0 Å². The van der Waals surface area contributed by atoms with Gasteiger partial charge in [0.25, 0.3) is 0 Å². The van der Waals surface area contributed by atoms with Crippen LogP contribution in [-0.2, 0) is 13.2 Å². The Hall–Kier alpha value is -3.04. The molecule has 0 fully saturated rings. The van der Waals surface area contributed by atoms with Crippen molar-refractivity contribution in [2.45, 2.75) is 58.3 Å². The summed E-state index contributed by atoms with van der Waals surface area (Å²) in [5.74, 6) is 1.14. The van der Waals surface area contributed by atoms with E-state index in [4.69, 9.17) is 11.5 Å². The molecule has 2 heterocycles. The largest absolute Gasteiger partial charge is 0.390 e. The first kappa shape index (κ1) is 21.7. The van der Waals surface area contributed by atoms with Gasteiger partial charge in [0.05, 0.1) is 30.6 Å². The number of rotatable bonds is 10. The van der Waals surface area contributed by atoms with Gasteiger partial charge in [0.15, 0.2) is 5.82 Å². The second kappa shape index (κ2) is 10.1. The minimum absolute atomic E-state index is 0.0466. The van der Waals surface area contributed by atoms with Gasteiger partial charge in [0.2, 0.25) is 11.9 Å². The molecule has 3 aromatic rings. The van der Waals surface area contributed by atoms with Crippen LogP contribution < -0.4 is 11.5 Å². The van der Waals surface area contributed by atoms with Crippen molar-refractivity contribution in [1.29, 1.82) is 0 Å². The molecule has 3 rings (SSSR count). The Labute approximate surface area is 175 Å². The van der Waals surface area contributed by atoms with Crippen molar-refractivity contribution in [1.82, 2.24) is 24.5 Å². The van der Waals surface area contributed by atoms with Crippen LogP contribution in [0.15, 0.2) is 30.3 Å². The third-order valence-corrected chi connectivity index (χ3v) is 5.05. The first-order valence-corrected chi connectivity index (χ1v) is 10.2. The van der Waals surface area contributed by atoms with Crippen LogP contribution in [0.5, 0.6) is 0 Å². The molecule has 1 aromatic carbocycles. The highest BCUT2D eigenvalue weighted by Crippen LogP contribution is 2.32. The topological polar surface area (TPSA) is 149 Å². The lowest BCUT2D eigenvalue weighted by Crippen LogP contribution is -2.20. The fourth-order valence-corrected chi connectivity index (χ4v) is 3.65. The van der Waals surface area contributed by atoms with Gasteiger partial charge >= 0.3 is 0 Å². The van der Waals surface area contributed by atoms with Gasteiger partial charge in [0.1, 0.15) is 5.82 Å². The number of imidazole rings is 1. The van der Waals surface area contributed by atoms with Gasteiger partial charge in [0, 0.05) is 5.56 Å².